The van der Waals surface area contributed by atoms with Crippen molar-refractivity contribution in [3.05, 3.63) is 41.3 Å². The number of primary amides is 1. The van der Waals surface area contributed by atoms with Gasteiger partial charge in [0.15, 0.2) is 5.76 Å². The number of anilines is 1. The summed E-state index contributed by atoms with van der Waals surface area (Å²) in [6.07, 6.45) is -6.29. The molecule has 14 heteroatoms. The summed E-state index contributed by atoms with van der Waals surface area (Å²) in [5, 5.41) is 11.8. The van der Waals surface area contributed by atoms with Gasteiger partial charge in [-0.2, -0.15) is 13.2 Å². The third-order valence-corrected chi connectivity index (χ3v) is 5.35. The Morgan fingerprint density at radius 3 is 2.62 bits per heavy atom. The third kappa shape index (κ3) is 4.62. The summed E-state index contributed by atoms with van der Waals surface area (Å²) in [6.45, 7) is 3.68. The Morgan fingerprint density at radius 1 is 1.38 bits per heavy atom. The molecule has 2 aliphatic heterocycles. The van der Waals surface area contributed by atoms with Gasteiger partial charge in [0.05, 0.1) is 35.1 Å². The normalized spacial score (nSPS) is 22.8. The largest absolute Gasteiger partial charge is 0.511 e. The van der Waals surface area contributed by atoms with E-state index in [-0.39, 0.29) is 12.5 Å². The van der Waals surface area contributed by atoms with Gasteiger partial charge < -0.3 is 26.6 Å². The van der Waals surface area contributed by atoms with Crippen molar-refractivity contribution in [2.24, 2.45) is 16.5 Å². The van der Waals surface area contributed by atoms with E-state index in [1.807, 2.05) is 6.92 Å². The lowest BCUT2D eigenvalue weighted by Crippen LogP contribution is -2.57. The summed E-state index contributed by atoms with van der Waals surface area (Å²) >= 11 is 0. The Bertz CT molecular complexity index is 1090. The fraction of sp³-hybridized carbons (Fsp3) is 0.400. The number of ether oxygens (including phenoxy) is 1. The first-order valence-electron chi connectivity index (χ1n) is 10.1. The molecule has 0 radical (unpaired) electrons. The molecule has 1 aromatic carbocycles. The smallest absolute Gasteiger partial charge is 0.449 e. The maximum atomic E-state index is 14.0. The monoisotopic (exact) mass is 484 g/mol. The second-order valence-corrected chi connectivity index (χ2v) is 8.03. The summed E-state index contributed by atoms with van der Waals surface area (Å²) in [7, 11) is 0. The zero-order chi connectivity index (χ0) is 25.4. The van der Waals surface area contributed by atoms with Crippen LogP contribution in [0.2, 0.25) is 0 Å². The van der Waals surface area contributed by atoms with Crippen molar-refractivity contribution in [2.45, 2.75) is 44.6 Å². The van der Waals surface area contributed by atoms with Crippen LogP contribution < -0.4 is 21.7 Å². The van der Waals surface area contributed by atoms with Gasteiger partial charge in [0.2, 0.25) is 5.96 Å². The van der Waals surface area contributed by atoms with Gasteiger partial charge >= 0.3 is 18.4 Å². The van der Waals surface area contributed by atoms with Crippen LogP contribution in [0.4, 0.5) is 28.4 Å². The molecule has 2 unspecified atom stereocenters. The predicted octanol–water partition coefficient (Wildman–Crippen LogP) is 2.39. The third-order valence-electron chi connectivity index (χ3n) is 5.35. The van der Waals surface area contributed by atoms with Crippen molar-refractivity contribution in [1.29, 1.82) is 0 Å². The minimum Gasteiger partial charge on any atom is -0.449 e. The zero-order valence-corrected chi connectivity index (χ0v) is 18.2. The van der Waals surface area contributed by atoms with Crippen LogP contribution in [-0.2, 0) is 10.9 Å². The molecule has 0 spiro atoms. The van der Waals surface area contributed by atoms with Crippen LogP contribution in [-0.4, -0.2) is 52.3 Å². The molecule has 2 aliphatic rings. The van der Waals surface area contributed by atoms with Crippen molar-refractivity contribution in [3.8, 4) is 0 Å². The minimum absolute atomic E-state index is 0.0186. The molecule has 2 heterocycles. The molecular formula is C20H23F3N6O5. The molecule has 184 valence electrons. The van der Waals surface area contributed by atoms with E-state index in [1.54, 1.807) is 6.92 Å². The number of hydrogen-bond acceptors (Lipinski definition) is 7. The lowest BCUT2D eigenvalue weighted by Gasteiger charge is -2.39. The first-order valence-corrected chi connectivity index (χ1v) is 10.1. The van der Waals surface area contributed by atoms with Gasteiger partial charge in [-0.3, -0.25) is 14.6 Å². The average Bonchev–Trinajstić information content (AvgIpc) is 3.02. The summed E-state index contributed by atoms with van der Waals surface area (Å²) in [5.41, 5.74) is 8.12. The highest BCUT2D eigenvalue weighted by Gasteiger charge is 2.47. The van der Waals surface area contributed by atoms with E-state index in [0.29, 0.717) is 18.9 Å². The zero-order valence-electron chi connectivity index (χ0n) is 18.2. The number of carboxylic acid groups (broad SMARTS) is 1. The average molecular weight is 484 g/mol. The molecule has 11 nitrogen and oxygen atoms in total. The van der Waals surface area contributed by atoms with Crippen molar-refractivity contribution in [1.82, 2.24) is 10.2 Å². The number of urea groups is 1. The number of carbonyl (C=O) groups excluding carboxylic acids is 2. The van der Waals surface area contributed by atoms with Crippen LogP contribution in [0.25, 0.3) is 0 Å². The second kappa shape index (κ2) is 8.85. The van der Waals surface area contributed by atoms with Gasteiger partial charge in [-0.15, -0.1) is 0 Å². The second-order valence-electron chi connectivity index (χ2n) is 8.03. The van der Waals surface area contributed by atoms with Crippen molar-refractivity contribution in [3.63, 3.8) is 0 Å². The van der Waals surface area contributed by atoms with Crippen LogP contribution in [0.1, 0.15) is 42.6 Å². The molecule has 34 heavy (non-hydrogen) atoms. The fourth-order valence-corrected chi connectivity index (χ4v) is 4.01. The lowest BCUT2D eigenvalue weighted by molar-refractivity contribution is -0.137. The van der Waals surface area contributed by atoms with Gasteiger partial charge in [-0.25, -0.2) is 14.6 Å². The number of benzene rings is 1. The molecule has 2 atom stereocenters. The summed E-state index contributed by atoms with van der Waals surface area (Å²) in [5.74, 6) is -2.09. The predicted molar refractivity (Wildman–Crippen MR) is 114 cm³/mol. The molecule has 0 bridgehead atoms. The van der Waals surface area contributed by atoms with Crippen molar-refractivity contribution in [2.75, 3.05) is 11.4 Å². The van der Waals surface area contributed by atoms with Crippen LogP contribution in [0.3, 0.4) is 0 Å². The summed E-state index contributed by atoms with van der Waals surface area (Å²) < 4.78 is 46.6. The Labute approximate surface area is 191 Å². The first-order chi connectivity index (χ1) is 15.8. The number of hydrogen-bond donors (Lipinski definition) is 4. The number of nitrogens with two attached hydrogens (primary N) is 2. The fourth-order valence-electron chi connectivity index (χ4n) is 4.01. The van der Waals surface area contributed by atoms with E-state index in [4.69, 9.17) is 16.6 Å². The highest BCUT2D eigenvalue weighted by molar-refractivity contribution is 6.11. The number of rotatable bonds is 5. The van der Waals surface area contributed by atoms with Crippen molar-refractivity contribution < 1.29 is 37.4 Å². The van der Waals surface area contributed by atoms with E-state index in [1.165, 1.54) is 0 Å². The molecule has 0 saturated carbocycles. The maximum Gasteiger partial charge on any atom is 0.511 e. The molecule has 1 aromatic rings. The SMILES string of the molecule is CCCC1(C)CN(C2=NC=C(OC(=O)O)C(N)N2c2c(C(N)=O)cccc2C(F)(F)F)C(=O)N1. The number of nitrogens with one attached hydrogen (secondary N) is 1. The van der Waals surface area contributed by atoms with Crippen LogP contribution in [0.15, 0.2) is 35.2 Å². The number of nitrogens with zero attached hydrogens (tertiary/aromatic N) is 3. The van der Waals surface area contributed by atoms with Gasteiger partial charge in [0.1, 0.15) is 6.17 Å². The topological polar surface area (TPSA) is 164 Å². The number of alkyl halides is 3. The Morgan fingerprint density at radius 2 is 2.06 bits per heavy atom. The number of para-hydroxylation sites is 1. The van der Waals surface area contributed by atoms with E-state index in [0.717, 1.165) is 28.1 Å². The van der Waals surface area contributed by atoms with Gasteiger partial charge in [-0.05, 0) is 25.5 Å². The number of carbonyl (C=O) groups is 3. The minimum atomic E-state index is -4.97. The molecule has 3 amide bonds. The summed E-state index contributed by atoms with van der Waals surface area (Å²) in [6, 6.07) is 2.09. The van der Waals surface area contributed by atoms with E-state index in [9.17, 15) is 27.6 Å². The quantitative estimate of drug-likeness (QED) is 0.466. The molecular weight excluding hydrogens is 461 g/mol. The number of aliphatic imine (C=N–C) groups is 1. The number of amides is 3. The number of guanidine groups is 1. The van der Waals surface area contributed by atoms with Crippen LogP contribution in [0.5, 0.6) is 0 Å². The Balaban J connectivity index is 2.25. The molecule has 1 fully saturated rings. The maximum absolute atomic E-state index is 14.0. The van der Waals surface area contributed by atoms with Gasteiger partial charge in [-0.1, -0.05) is 19.4 Å². The number of halogens is 3. The van der Waals surface area contributed by atoms with Crippen LogP contribution >= 0.6 is 0 Å². The molecule has 0 aromatic heterocycles. The van der Waals surface area contributed by atoms with Gasteiger partial charge in [0, 0.05) is 0 Å². The van der Waals surface area contributed by atoms with Crippen molar-refractivity contribution >= 4 is 29.7 Å². The molecule has 3 rings (SSSR count). The highest BCUT2D eigenvalue weighted by atomic mass is 19.4. The Hall–Kier alpha value is -3.81. The molecule has 0 aliphatic carbocycles. The van der Waals surface area contributed by atoms with E-state index in [2.05, 4.69) is 15.0 Å². The lowest BCUT2D eigenvalue weighted by atomic mass is 9.97. The molecule has 6 N–H and O–H groups in total. The van der Waals surface area contributed by atoms with E-state index < -0.39 is 58.5 Å². The first kappa shape index (κ1) is 24.8. The molecule has 1 saturated heterocycles. The summed E-state index contributed by atoms with van der Waals surface area (Å²) in [4.78, 5) is 41.8. The van der Waals surface area contributed by atoms with Crippen LogP contribution in [0, 0.1) is 0 Å². The highest BCUT2D eigenvalue weighted by Crippen LogP contribution is 2.41. The standard InChI is InChI=1S/C20H23F3N6O5/c1-3-7-19(2)9-28(17(31)27-19)16-26-8-12(34-18(32)33)14(24)29(16)13-10(15(25)30)5-4-6-11(13)20(21,22)23/h4-6,8,14H,3,7,9,24H2,1-2H3,(H2,25,30)(H,27,31)(H,32,33). The van der Waals surface area contributed by atoms with E-state index >= 15 is 0 Å². The van der Waals surface area contributed by atoms with Gasteiger partial charge in [0.25, 0.3) is 5.91 Å². The Kier molecular flexibility index (Phi) is 6.46.